The van der Waals surface area contributed by atoms with E-state index >= 15 is 0 Å². The van der Waals surface area contributed by atoms with E-state index in [0.29, 0.717) is 24.5 Å². The van der Waals surface area contributed by atoms with Crippen LogP contribution in [0.2, 0.25) is 0 Å². The topological polar surface area (TPSA) is 153 Å². The summed E-state index contributed by atoms with van der Waals surface area (Å²) in [5, 5.41) is 0. The van der Waals surface area contributed by atoms with Gasteiger partial charge in [0.15, 0.2) is 11.2 Å². The number of H-pyrrole nitrogens is 1. The third-order valence-electron chi connectivity index (χ3n) is 5.26. The van der Waals surface area contributed by atoms with Crippen molar-refractivity contribution in [2.24, 2.45) is 0 Å². The molecule has 0 spiro atoms. The number of benzene rings is 2. The lowest BCUT2D eigenvalue weighted by atomic mass is 10.2. The summed E-state index contributed by atoms with van der Waals surface area (Å²) in [7, 11) is -1.57. The van der Waals surface area contributed by atoms with Crippen molar-refractivity contribution in [2.75, 3.05) is 25.5 Å². The van der Waals surface area contributed by atoms with Gasteiger partial charge in [-0.2, -0.15) is 4.98 Å². The van der Waals surface area contributed by atoms with Gasteiger partial charge in [0.2, 0.25) is 21.1 Å². The van der Waals surface area contributed by atoms with E-state index < -0.39 is 20.1 Å². The Labute approximate surface area is 219 Å². The number of aromatic amines is 1. The molecule has 2 aromatic carbocycles. The summed E-state index contributed by atoms with van der Waals surface area (Å²) in [4.78, 5) is 34.6. The number of aromatic nitrogens is 4. The number of hydrogen-bond acceptors (Lipinski definition) is 10. The molecule has 13 heteroatoms. The fourth-order valence-electron chi connectivity index (χ4n) is 3.24. The van der Waals surface area contributed by atoms with Crippen molar-refractivity contribution in [3.63, 3.8) is 0 Å². The van der Waals surface area contributed by atoms with E-state index in [0.717, 1.165) is 16.7 Å². The van der Waals surface area contributed by atoms with Crippen molar-refractivity contribution in [2.45, 2.75) is 27.0 Å². The van der Waals surface area contributed by atoms with Gasteiger partial charge in [-0.15, -0.1) is 0 Å². The molecule has 38 heavy (non-hydrogen) atoms. The lowest BCUT2D eigenvalue weighted by Gasteiger charge is -2.18. The minimum absolute atomic E-state index is 0.00694. The zero-order valence-corrected chi connectivity index (χ0v) is 21.9. The minimum atomic E-state index is -1.57. The highest BCUT2D eigenvalue weighted by molar-refractivity contribution is 7.46. The van der Waals surface area contributed by atoms with Crippen LogP contribution in [0.1, 0.15) is 16.7 Å². The molecule has 200 valence electrons. The highest BCUT2D eigenvalue weighted by atomic mass is 31.2. The molecular weight excluding hydrogens is 513 g/mol. The molecule has 2 heterocycles. The molecule has 0 amide bonds. The molecular formula is C25H28N5O7P. The second-order valence-electron chi connectivity index (χ2n) is 8.25. The Hall–Kier alpha value is -3.83. The molecule has 0 aliphatic carbocycles. The summed E-state index contributed by atoms with van der Waals surface area (Å²) in [6, 6.07) is 14.9. The number of fused-ring (bicyclic) bond motifs is 1. The first-order valence-corrected chi connectivity index (χ1v) is 13.0. The Bertz CT molecular complexity index is 1410. The molecule has 3 N–H and O–H groups in total. The first kappa shape index (κ1) is 27.2. The molecule has 4 rings (SSSR count). The van der Waals surface area contributed by atoms with E-state index in [9.17, 15) is 9.59 Å². The third-order valence-corrected chi connectivity index (χ3v) is 6.46. The van der Waals surface area contributed by atoms with Crippen LogP contribution in [0.25, 0.3) is 11.2 Å². The van der Waals surface area contributed by atoms with Gasteiger partial charge in [-0.1, -0.05) is 47.5 Å². The van der Waals surface area contributed by atoms with Crippen molar-refractivity contribution < 1.29 is 28.1 Å². The Balaban J connectivity index is 1.28. The predicted octanol–water partition coefficient (Wildman–Crippen LogP) is 4.01. The molecule has 12 nitrogen and oxygen atoms in total. The summed E-state index contributed by atoms with van der Waals surface area (Å²) in [5.74, 6) is 0.375. The van der Waals surface area contributed by atoms with Gasteiger partial charge in [-0.05, 0) is 31.5 Å². The molecule has 0 aliphatic heterocycles. The average molecular weight is 542 g/mol. The molecule has 0 aliphatic rings. The summed E-state index contributed by atoms with van der Waals surface area (Å²) in [6.45, 7) is 4.49. The van der Waals surface area contributed by atoms with Gasteiger partial charge in [0.1, 0.15) is 12.1 Å². The Kier molecular flexibility index (Phi) is 9.39. The normalized spacial score (nSPS) is 11.9. The first-order valence-electron chi connectivity index (χ1n) is 11.7. The van der Waals surface area contributed by atoms with Crippen LogP contribution in [0, 0.1) is 13.8 Å². The second kappa shape index (κ2) is 13.1. The van der Waals surface area contributed by atoms with Crippen LogP contribution >= 0.6 is 8.38 Å². The first-order chi connectivity index (χ1) is 18.4. The van der Waals surface area contributed by atoms with Crippen molar-refractivity contribution in [3.8, 4) is 5.75 Å². The molecule has 0 saturated carbocycles. The van der Waals surface area contributed by atoms with E-state index in [4.69, 9.17) is 29.0 Å². The molecule has 0 saturated heterocycles. The summed E-state index contributed by atoms with van der Waals surface area (Å²) < 4.78 is 29.2. The number of nitrogens with zero attached hydrogens (tertiary/aromatic N) is 3. The van der Waals surface area contributed by atoms with E-state index in [1.165, 1.54) is 6.33 Å². The fraction of sp³-hybridized carbons (Fsp3) is 0.280. The van der Waals surface area contributed by atoms with Crippen molar-refractivity contribution in [3.05, 3.63) is 81.9 Å². The maximum Gasteiger partial charge on any atom is 0.515 e. The van der Waals surface area contributed by atoms with Crippen LogP contribution in [0.4, 0.5) is 10.7 Å². The van der Waals surface area contributed by atoms with Crippen LogP contribution in [0.5, 0.6) is 5.75 Å². The highest BCUT2D eigenvalue weighted by Crippen LogP contribution is 2.39. The molecule has 1 unspecified atom stereocenters. The van der Waals surface area contributed by atoms with Crippen LogP contribution in [0.15, 0.2) is 59.7 Å². The molecule has 0 radical (unpaired) electrons. The fourth-order valence-corrected chi connectivity index (χ4v) is 4.21. The number of ether oxygens (including phenoxy) is 3. The van der Waals surface area contributed by atoms with Crippen molar-refractivity contribution >= 4 is 31.6 Å². The number of carbonyl (C=O) groups excluding carboxylic acids is 1. The predicted molar refractivity (Wildman–Crippen MR) is 141 cm³/mol. The third kappa shape index (κ3) is 7.83. The quantitative estimate of drug-likeness (QED) is 0.0884. The zero-order chi connectivity index (χ0) is 26.9. The summed E-state index contributed by atoms with van der Waals surface area (Å²) in [6.07, 6.45) is 0.716. The number of anilines is 1. The Morgan fingerprint density at radius 1 is 1.05 bits per heavy atom. The number of aryl methyl sites for hydroxylation is 2. The van der Waals surface area contributed by atoms with Crippen molar-refractivity contribution in [1.29, 1.82) is 0 Å². The molecule has 1 atom stereocenters. The maximum atomic E-state index is 12.0. The van der Waals surface area contributed by atoms with Crippen LogP contribution in [0.3, 0.4) is 0 Å². The lowest BCUT2D eigenvalue weighted by molar-refractivity contribution is 0.0244. The number of imidazole rings is 1. The minimum Gasteiger partial charge on any atom is -0.406 e. The molecule has 0 bridgehead atoms. The standard InChI is InChI=1S/C25H28N5O7P/c1-17-3-7-19(8-4-17)13-35-38(36-15-34-25(32)37-20-9-5-18(2)6-10-20)16-33-12-11-30-14-27-21-22(30)28-24(26)29-23(21)31/h3-10,14H,11-13,15-16H2,1-2H3,(H3,26,28,29,31). The number of nitrogen functional groups attached to an aromatic ring is 1. The Morgan fingerprint density at radius 3 is 2.50 bits per heavy atom. The average Bonchev–Trinajstić information content (AvgIpc) is 3.30. The van der Waals surface area contributed by atoms with Gasteiger partial charge in [-0.25, -0.2) is 9.78 Å². The molecule has 4 aromatic rings. The SMILES string of the molecule is Cc1ccc(COP(COCCn2cnc3c(=O)[nH]c(N)nc32)OCOC(=O)Oc2ccc(C)cc2)cc1. The van der Waals surface area contributed by atoms with Crippen LogP contribution in [-0.2, 0) is 31.7 Å². The monoisotopic (exact) mass is 541 g/mol. The maximum absolute atomic E-state index is 12.0. The number of carbonyl (C=O) groups is 1. The molecule has 0 fully saturated rings. The van der Waals surface area contributed by atoms with Crippen LogP contribution in [-0.4, -0.2) is 45.4 Å². The van der Waals surface area contributed by atoms with Gasteiger partial charge in [-0.3, -0.25) is 14.3 Å². The molecule has 2 aromatic heterocycles. The summed E-state index contributed by atoms with van der Waals surface area (Å²) in [5.41, 5.74) is 8.94. The number of nitrogens with two attached hydrogens (primary N) is 1. The van der Waals surface area contributed by atoms with Gasteiger partial charge in [0.05, 0.1) is 19.5 Å². The van der Waals surface area contributed by atoms with E-state index in [-0.39, 0.29) is 31.2 Å². The van der Waals surface area contributed by atoms with Gasteiger partial charge >= 0.3 is 6.16 Å². The number of hydrogen-bond donors (Lipinski definition) is 2. The van der Waals surface area contributed by atoms with Gasteiger partial charge in [0, 0.05) is 6.54 Å². The second-order valence-corrected chi connectivity index (χ2v) is 9.69. The van der Waals surface area contributed by atoms with Crippen LogP contribution < -0.4 is 16.0 Å². The largest absolute Gasteiger partial charge is 0.515 e. The highest BCUT2D eigenvalue weighted by Gasteiger charge is 2.15. The Morgan fingerprint density at radius 2 is 1.76 bits per heavy atom. The number of rotatable bonds is 12. The van der Waals surface area contributed by atoms with Crippen molar-refractivity contribution in [1.82, 2.24) is 19.5 Å². The van der Waals surface area contributed by atoms with Gasteiger partial charge < -0.3 is 29.0 Å². The van der Waals surface area contributed by atoms with E-state index in [1.807, 2.05) is 50.2 Å². The number of nitrogens with one attached hydrogen (secondary N) is 1. The summed E-state index contributed by atoms with van der Waals surface area (Å²) >= 11 is 0. The van der Waals surface area contributed by atoms with E-state index in [1.54, 1.807) is 16.7 Å². The van der Waals surface area contributed by atoms with E-state index in [2.05, 4.69) is 15.0 Å². The lowest BCUT2D eigenvalue weighted by Crippen LogP contribution is -2.14. The smallest absolute Gasteiger partial charge is 0.406 e. The van der Waals surface area contributed by atoms with Gasteiger partial charge in [0.25, 0.3) is 5.56 Å². The zero-order valence-electron chi connectivity index (χ0n) is 21.0.